The number of benzene rings is 2. The molecule has 0 unspecified atom stereocenters. The van der Waals surface area contributed by atoms with Crippen LogP contribution < -0.4 is 19.7 Å². The van der Waals surface area contributed by atoms with Gasteiger partial charge in [-0.15, -0.1) is 0 Å². The highest BCUT2D eigenvalue weighted by Crippen LogP contribution is 2.36. The fourth-order valence-corrected chi connectivity index (χ4v) is 5.60. The lowest BCUT2D eigenvalue weighted by molar-refractivity contribution is -0.114. The third-order valence-corrected chi connectivity index (χ3v) is 7.80. The Morgan fingerprint density at radius 3 is 2.18 bits per heavy atom. The van der Waals surface area contributed by atoms with Crippen LogP contribution in [-0.2, 0) is 14.8 Å². The summed E-state index contributed by atoms with van der Waals surface area (Å²) in [6.45, 7) is 5.10. The number of pyridine rings is 1. The number of carbonyl (C=O) groups is 1. The molecule has 34 heavy (non-hydrogen) atoms. The molecule has 0 spiro atoms. The van der Waals surface area contributed by atoms with Crippen molar-refractivity contribution in [1.29, 1.82) is 0 Å². The summed E-state index contributed by atoms with van der Waals surface area (Å²) in [5.41, 5.74) is 2.28. The number of ether oxygens (including phenoxy) is 2. The number of nitrogens with zero attached hydrogens (tertiary/aromatic N) is 3. The predicted octanol–water partition coefficient (Wildman–Crippen LogP) is 3.03. The number of aryl methyl sites for hydroxylation is 1. The van der Waals surface area contributed by atoms with E-state index in [2.05, 4.69) is 10.2 Å². The van der Waals surface area contributed by atoms with Crippen LogP contribution in [-0.4, -0.2) is 64.0 Å². The number of piperazine rings is 1. The Labute approximate surface area is 199 Å². The van der Waals surface area contributed by atoms with Crippen LogP contribution in [0.2, 0.25) is 0 Å². The van der Waals surface area contributed by atoms with Crippen LogP contribution in [0.3, 0.4) is 0 Å². The number of carbonyl (C=O) groups excluding carboxylic acids is 1. The molecule has 1 saturated heterocycles. The van der Waals surface area contributed by atoms with Gasteiger partial charge in [0.05, 0.1) is 19.1 Å². The largest absolute Gasteiger partial charge is 0.496 e. The van der Waals surface area contributed by atoms with Crippen molar-refractivity contribution < 1.29 is 22.7 Å². The van der Waals surface area contributed by atoms with Gasteiger partial charge in [-0.05, 0) is 55.0 Å². The lowest BCUT2D eigenvalue weighted by Gasteiger charge is -2.35. The summed E-state index contributed by atoms with van der Waals surface area (Å²) in [7, 11) is -0.403. The summed E-state index contributed by atoms with van der Waals surface area (Å²) in [4.78, 5) is 18.3. The highest BCUT2D eigenvalue weighted by molar-refractivity contribution is 7.89. The molecule has 180 valence electrons. The molecule has 0 atom stereocenters. The zero-order chi connectivity index (χ0) is 24.5. The number of nitrogens with one attached hydrogen (secondary N) is 1. The molecule has 9 nitrogen and oxygen atoms in total. The van der Waals surface area contributed by atoms with Crippen LogP contribution in [0.5, 0.6) is 11.5 Å². The van der Waals surface area contributed by atoms with Crippen molar-refractivity contribution in [2.45, 2.75) is 18.7 Å². The van der Waals surface area contributed by atoms with E-state index in [0.29, 0.717) is 43.1 Å². The van der Waals surface area contributed by atoms with Crippen molar-refractivity contribution in [1.82, 2.24) is 9.29 Å². The number of hydrogen-bond donors (Lipinski definition) is 1. The molecule has 0 bridgehead atoms. The van der Waals surface area contributed by atoms with Crippen molar-refractivity contribution in [2.24, 2.45) is 0 Å². The Morgan fingerprint density at radius 2 is 1.59 bits per heavy atom. The van der Waals surface area contributed by atoms with Crippen molar-refractivity contribution in [2.75, 3.05) is 50.6 Å². The van der Waals surface area contributed by atoms with Gasteiger partial charge in [-0.1, -0.05) is 0 Å². The van der Waals surface area contributed by atoms with E-state index in [1.807, 2.05) is 25.1 Å². The third-order valence-electron chi connectivity index (χ3n) is 5.88. The van der Waals surface area contributed by atoms with E-state index in [1.165, 1.54) is 23.4 Å². The van der Waals surface area contributed by atoms with Gasteiger partial charge < -0.3 is 19.7 Å². The van der Waals surface area contributed by atoms with E-state index >= 15 is 0 Å². The van der Waals surface area contributed by atoms with Crippen LogP contribution in [0.25, 0.3) is 10.9 Å². The van der Waals surface area contributed by atoms with E-state index in [-0.39, 0.29) is 10.8 Å². The van der Waals surface area contributed by atoms with E-state index in [9.17, 15) is 13.2 Å². The first-order valence-electron chi connectivity index (χ1n) is 10.9. The normalized spacial score (nSPS) is 14.8. The van der Waals surface area contributed by atoms with Crippen molar-refractivity contribution in [3.05, 3.63) is 48.0 Å². The Hall–Kier alpha value is -3.37. The maximum Gasteiger partial charge on any atom is 0.243 e. The molecule has 1 amide bonds. The molecule has 2 aromatic carbocycles. The summed E-state index contributed by atoms with van der Waals surface area (Å²) in [6, 6.07) is 11.9. The average molecular weight is 485 g/mol. The number of rotatable bonds is 6. The van der Waals surface area contributed by atoms with Gasteiger partial charge in [0.2, 0.25) is 15.9 Å². The van der Waals surface area contributed by atoms with Crippen molar-refractivity contribution in [3.63, 3.8) is 0 Å². The summed E-state index contributed by atoms with van der Waals surface area (Å²) in [6.07, 6.45) is 0. The number of fused-ring (bicyclic) bond motifs is 1. The van der Waals surface area contributed by atoms with Crippen molar-refractivity contribution >= 4 is 38.3 Å². The minimum atomic E-state index is -3.64. The molecule has 0 radical (unpaired) electrons. The molecule has 1 fully saturated rings. The second-order valence-electron chi connectivity index (χ2n) is 8.09. The molecule has 1 aromatic heterocycles. The second-order valence-corrected chi connectivity index (χ2v) is 10.0. The van der Waals surface area contributed by atoms with Gasteiger partial charge in [-0.25, -0.2) is 13.4 Å². The minimum Gasteiger partial charge on any atom is -0.496 e. The maximum absolute atomic E-state index is 13.1. The van der Waals surface area contributed by atoms with Crippen LogP contribution in [0.1, 0.15) is 12.5 Å². The van der Waals surface area contributed by atoms with Crippen molar-refractivity contribution in [3.8, 4) is 11.5 Å². The van der Waals surface area contributed by atoms with E-state index < -0.39 is 10.0 Å². The topological polar surface area (TPSA) is 101 Å². The SMILES string of the molecule is COc1ccc(OC)c2c(C)cc(N3CCN(S(=O)(=O)c4ccc(NC(C)=O)cc4)CC3)nc12. The smallest absolute Gasteiger partial charge is 0.243 e. The van der Waals surface area contributed by atoms with Gasteiger partial charge in [0.25, 0.3) is 0 Å². The number of sulfonamides is 1. The van der Waals surface area contributed by atoms with Gasteiger partial charge in [0, 0.05) is 44.2 Å². The Balaban J connectivity index is 1.54. The highest BCUT2D eigenvalue weighted by atomic mass is 32.2. The zero-order valence-corrected chi connectivity index (χ0v) is 20.5. The average Bonchev–Trinajstić information content (AvgIpc) is 2.83. The Morgan fingerprint density at radius 1 is 0.971 bits per heavy atom. The molecule has 1 aliphatic heterocycles. The van der Waals surface area contributed by atoms with Crippen LogP contribution in [0.15, 0.2) is 47.4 Å². The first-order valence-corrected chi connectivity index (χ1v) is 12.3. The molecule has 4 rings (SSSR count). The molecule has 10 heteroatoms. The van der Waals surface area contributed by atoms with Gasteiger partial charge in [-0.3, -0.25) is 4.79 Å². The second kappa shape index (κ2) is 9.47. The molecule has 2 heterocycles. The maximum atomic E-state index is 13.1. The predicted molar refractivity (Wildman–Crippen MR) is 131 cm³/mol. The van der Waals surface area contributed by atoms with Gasteiger partial charge in [0.1, 0.15) is 22.8 Å². The Bertz CT molecular complexity index is 1320. The third kappa shape index (κ3) is 4.51. The Kier molecular flexibility index (Phi) is 6.63. The van der Waals surface area contributed by atoms with Crippen LogP contribution in [0, 0.1) is 6.92 Å². The molecule has 0 aliphatic carbocycles. The lowest BCUT2D eigenvalue weighted by Crippen LogP contribution is -2.48. The summed E-state index contributed by atoms with van der Waals surface area (Å²) >= 11 is 0. The van der Waals surface area contributed by atoms with Crippen LogP contribution in [0.4, 0.5) is 11.5 Å². The first-order chi connectivity index (χ1) is 16.2. The molecule has 1 N–H and O–H groups in total. The van der Waals surface area contributed by atoms with E-state index in [4.69, 9.17) is 14.5 Å². The zero-order valence-electron chi connectivity index (χ0n) is 19.7. The fourth-order valence-electron chi connectivity index (χ4n) is 4.18. The van der Waals surface area contributed by atoms with Gasteiger partial charge >= 0.3 is 0 Å². The first kappa shape index (κ1) is 23.8. The van der Waals surface area contributed by atoms with Gasteiger partial charge in [-0.2, -0.15) is 4.31 Å². The number of aromatic nitrogens is 1. The quantitative estimate of drug-likeness (QED) is 0.574. The molecular weight excluding hydrogens is 456 g/mol. The number of hydrogen-bond acceptors (Lipinski definition) is 7. The lowest BCUT2D eigenvalue weighted by atomic mass is 10.1. The summed E-state index contributed by atoms with van der Waals surface area (Å²) in [5.74, 6) is 1.95. The summed E-state index contributed by atoms with van der Waals surface area (Å²) < 4.78 is 38.7. The highest BCUT2D eigenvalue weighted by Gasteiger charge is 2.29. The fraction of sp³-hybridized carbons (Fsp3) is 0.333. The molecule has 0 saturated carbocycles. The van der Waals surface area contributed by atoms with Crippen LogP contribution >= 0.6 is 0 Å². The summed E-state index contributed by atoms with van der Waals surface area (Å²) in [5, 5.41) is 3.54. The minimum absolute atomic E-state index is 0.201. The molecule has 3 aromatic rings. The molecular formula is C24H28N4O5S. The number of methoxy groups -OCH3 is 2. The van der Waals surface area contributed by atoms with E-state index in [1.54, 1.807) is 26.4 Å². The standard InChI is InChI=1S/C24H28N4O5S/c1-16-15-22(26-24-21(33-4)10-9-20(32-3)23(16)24)27-11-13-28(14-12-27)34(30,31)19-7-5-18(6-8-19)25-17(2)29/h5-10,15H,11-14H2,1-4H3,(H,25,29). The number of amides is 1. The van der Waals surface area contributed by atoms with Gasteiger partial charge in [0.15, 0.2) is 0 Å². The monoisotopic (exact) mass is 484 g/mol. The van der Waals surface area contributed by atoms with E-state index in [0.717, 1.165) is 22.5 Å². The number of anilines is 2. The molecule has 1 aliphatic rings.